The van der Waals surface area contributed by atoms with Gasteiger partial charge in [-0.1, -0.05) is 12.2 Å². The zero-order valence-corrected chi connectivity index (χ0v) is 31.1. The molecule has 0 heterocycles. The summed E-state index contributed by atoms with van der Waals surface area (Å²) in [7, 11) is 2.06. The van der Waals surface area contributed by atoms with Gasteiger partial charge in [0.1, 0.15) is 24.2 Å². The second-order valence-corrected chi connectivity index (χ2v) is 14.2. The number of nitrogens with one attached hydrogen (secondary N) is 3. The first-order valence-corrected chi connectivity index (χ1v) is 17.6. The lowest BCUT2D eigenvalue weighted by atomic mass is 9.93. The van der Waals surface area contributed by atoms with Crippen LogP contribution in [0, 0.1) is 0 Å². The van der Waals surface area contributed by atoms with E-state index < -0.39 is 108 Å². The molecular formula is C29H38F13N3O8S2. The Kier molecular flexibility index (Phi) is 19.5. The van der Waals surface area contributed by atoms with E-state index in [1.165, 1.54) is 12.2 Å². The maximum Gasteiger partial charge on any atom is 0.460 e. The van der Waals surface area contributed by atoms with Crippen LogP contribution < -0.4 is 16.0 Å². The summed E-state index contributed by atoms with van der Waals surface area (Å²) in [5.74, 6) is -42.3. The summed E-state index contributed by atoms with van der Waals surface area (Å²) in [6, 6.07) is -2.66. The van der Waals surface area contributed by atoms with Crippen LogP contribution in [-0.2, 0) is 33.4 Å². The Bertz CT molecular complexity index is 1350. The Morgan fingerprint density at radius 3 is 1.71 bits per heavy atom. The number of thioether (sulfide) groups is 2. The molecule has 0 saturated carbocycles. The number of carbonyl (C=O) groups is 5. The lowest BCUT2D eigenvalue weighted by molar-refractivity contribution is -0.439. The SMILES string of the molecule is COC(=O)CNC(=O)[C@H](CSC/C=C/CSCCC(F)(F)C(F)(F)C(F)(F)C(F)(F)C(F)(F)C(F)(F)F)NC(=O)CC[C@H](NC(=O)OC(C)(C)C)C(=O)OC. The molecule has 0 saturated heterocycles. The van der Waals surface area contributed by atoms with E-state index in [1.54, 1.807) is 20.8 Å². The van der Waals surface area contributed by atoms with Crippen molar-refractivity contribution in [3.05, 3.63) is 12.2 Å². The fourth-order valence-electron chi connectivity index (χ4n) is 3.62. The summed E-state index contributed by atoms with van der Waals surface area (Å²) in [4.78, 5) is 61.0. The van der Waals surface area contributed by atoms with Gasteiger partial charge in [0.25, 0.3) is 0 Å². The maximum absolute atomic E-state index is 13.9. The molecule has 3 N–H and O–H groups in total. The predicted molar refractivity (Wildman–Crippen MR) is 171 cm³/mol. The monoisotopic (exact) mass is 867 g/mol. The molecule has 26 heteroatoms. The van der Waals surface area contributed by atoms with Crippen LogP contribution in [0.25, 0.3) is 0 Å². The van der Waals surface area contributed by atoms with E-state index in [2.05, 4.69) is 25.4 Å². The largest absolute Gasteiger partial charge is 0.468 e. The van der Waals surface area contributed by atoms with Gasteiger partial charge in [0.15, 0.2) is 0 Å². The molecule has 0 aliphatic heterocycles. The first-order valence-electron chi connectivity index (χ1n) is 15.3. The Morgan fingerprint density at radius 1 is 0.691 bits per heavy atom. The number of carbonyl (C=O) groups excluding carboxylic acids is 5. The van der Waals surface area contributed by atoms with Gasteiger partial charge in [-0.15, -0.1) is 0 Å². The molecule has 0 bridgehead atoms. The minimum absolute atomic E-state index is 0.00435. The third-order valence-corrected chi connectivity index (χ3v) is 8.48. The number of methoxy groups -OCH3 is 2. The molecule has 0 aromatic rings. The molecule has 0 aromatic carbocycles. The van der Waals surface area contributed by atoms with Gasteiger partial charge in [-0.3, -0.25) is 14.4 Å². The lowest BCUT2D eigenvalue weighted by Gasteiger charge is -2.39. The summed E-state index contributed by atoms with van der Waals surface area (Å²) < 4.78 is 186. The van der Waals surface area contributed by atoms with Gasteiger partial charge in [-0.25, -0.2) is 9.59 Å². The van der Waals surface area contributed by atoms with Crippen molar-refractivity contribution in [3.8, 4) is 0 Å². The van der Waals surface area contributed by atoms with E-state index in [9.17, 15) is 81.0 Å². The Labute approximate surface area is 313 Å². The van der Waals surface area contributed by atoms with Gasteiger partial charge in [-0.05, 0) is 32.9 Å². The van der Waals surface area contributed by atoms with E-state index in [0.717, 1.165) is 26.0 Å². The Morgan fingerprint density at radius 2 is 1.22 bits per heavy atom. The van der Waals surface area contributed by atoms with Crippen molar-refractivity contribution in [1.82, 2.24) is 16.0 Å². The number of hydrogen-bond acceptors (Lipinski definition) is 10. The topological polar surface area (TPSA) is 149 Å². The molecule has 55 heavy (non-hydrogen) atoms. The molecule has 0 aliphatic carbocycles. The number of rotatable bonds is 22. The molecule has 3 amide bonds. The van der Waals surface area contributed by atoms with Crippen LogP contribution in [0.5, 0.6) is 0 Å². The Hall–Kier alpha value is -3.32. The average molecular weight is 868 g/mol. The number of hydrogen-bond donors (Lipinski definition) is 3. The van der Waals surface area contributed by atoms with E-state index in [1.807, 2.05) is 0 Å². The highest BCUT2D eigenvalue weighted by Gasteiger charge is 2.90. The van der Waals surface area contributed by atoms with Crippen LogP contribution in [0.1, 0.15) is 40.0 Å². The zero-order valence-electron chi connectivity index (χ0n) is 29.5. The second kappa shape index (κ2) is 20.7. The highest BCUT2D eigenvalue weighted by molar-refractivity contribution is 7.99. The fraction of sp³-hybridized carbons (Fsp3) is 0.759. The number of alkyl carbamates (subject to hydrolysis) is 1. The quantitative estimate of drug-likeness (QED) is 0.0404. The van der Waals surface area contributed by atoms with Gasteiger partial charge in [0.05, 0.1) is 14.2 Å². The van der Waals surface area contributed by atoms with E-state index in [4.69, 9.17) is 4.74 Å². The highest BCUT2D eigenvalue weighted by atomic mass is 32.2. The van der Waals surface area contributed by atoms with Gasteiger partial charge in [-0.2, -0.15) is 80.6 Å². The average Bonchev–Trinajstić information content (AvgIpc) is 3.05. The first kappa shape index (κ1) is 51.7. The smallest absolute Gasteiger partial charge is 0.460 e. The first-order chi connectivity index (χ1) is 24.8. The standard InChI is InChI=1S/C29H38F13N3O8S2/c1-23(2,3)53-22(50)45-16(21(49)52-5)8-9-18(46)44-17(20(48)43-14-19(47)51-4)15-55-12-7-6-11-54-13-10-24(30,31)25(32,33)26(34,35)27(36,37)28(38,39)29(40,41)42/h6-7,16-17H,8-15H2,1-5H3,(H,43,48)(H,44,46)(H,45,50)/b7-6+/t16-,17-/m0/s1. The van der Waals surface area contributed by atoms with Crippen LogP contribution in [0.15, 0.2) is 12.2 Å². The molecule has 0 rings (SSSR count). The van der Waals surface area contributed by atoms with Gasteiger partial charge >= 0.3 is 53.8 Å². The van der Waals surface area contributed by atoms with Crippen LogP contribution in [0.4, 0.5) is 61.9 Å². The number of halogens is 13. The van der Waals surface area contributed by atoms with Crippen LogP contribution >= 0.6 is 23.5 Å². The Balaban J connectivity index is 5.31. The van der Waals surface area contributed by atoms with Crippen molar-refractivity contribution in [2.45, 2.75) is 93.5 Å². The van der Waals surface area contributed by atoms with Crippen LogP contribution in [-0.4, -0.2) is 127 Å². The van der Waals surface area contributed by atoms with Crippen molar-refractivity contribution < 1.29 is 95.3 Å². The van der Waals surface area contributed by atoms with Crippen molar-refractivity contribution in [3.63, 3.8) is 0 Å². The molecule has 2 atom stereocenters. The van der Waals surface area contributed by atoms with Crippen molar-refractivity contribution in [1.29, 1.82) is 0 Å². The normalized spacial score (nSPS) is 14.5. The summed E-state index contributed by atoms with van der Waals surface area (Å²) in [6.07, 6.45) is -9.05. The van der Waals surface area contributed by atoms with E-state index in [0.29, 0.717) is 11.8 Å². The van der Waals surface area contributed by atoms with Crippen molar-refractivity contribution in [2.75, 3.05) is 43.8 Å². The van der Waals surface area contributed by atoms with Crippen LogP contribution in [0.2, 0.25) is 0 Å². The molecular weight excluding hydrogens is 829 g/mol. The summed E-state index contributed by atoms with van der Waals surface area (Å²) in [5, 5.41) is 6.82. The molecule has 0 aliphatic rings. The summed E-state index contributed by atoms with van der Waals surface area (Å²) >= 11 is 1.28. The van der Waals surface area contributed by atoms with Crippen molar-refractivity contribution in [2.24, 2.45) is 0 Å². The minimum Gasteiger partial charge on any atom is -0.468 e. The summed E-state index contributed by atoms with van der Waals surface area (Å²) in [5.41, 5.74) is -0.927. The van der Waals surface area contributed by atoms with Crippen molar-refractivity contribution >= 4 is 53.4 Å². The minimum atomic E-state index is -7.96. The zero-order chi connectivity index (χ0) is 43.3. The third-order valence-electron chi connectivity index (χ3n) is 6.56. The highest BCUT2D eigenvalue weighted by Crippen LogP contribution is 2.60. The molecule has 320 valence electrons. The van der Waals surface area contributed by atoms with Gasteiger partial charge in [0.2, 0.25) is 11.8 Å². The molecule has 11 nitrogen and oxygen atoms in total. The van der Waals surface area contributed by atoms with Crippen LogP contribution in [0.3, 0.4) is 0 Å². The number of amides is 3. The molecule has 0 spiro atoms. The predicted octanol–water partition coefficient (Wildman–Crippen LogP) is 5.76. The molecule has 0 radical (unpaired) electrons. The second-order valence-electron chi connectivity index (χ2n) is 12.0. The molecule has 0 fully saturated rings. The van der Waals surface area contributed by atoms with Gasteiger partial charge in [0, 0.05) is 30.1 Å². The number of esters is 2. The molecule has 0 aromatic heterocycles. The summed E-state index contributed by atoms with van der Waals surface area (Å²) in [6.45, 7) is 4.07. The van der Waals surface area contributed by atoms with E-state index >= 15 is 0 Å². The number of ether oxygens (including phenoxy) is 3. The lowest BCUT2D eigenvalue weighted by Crippen LogP contribution is -2.70. The maximum atomic E-state index is 13.9. The molecule has 0 unspecified atom stereocenters. The van der Waals surface area contributed by atoms with E-state index in [-0.39, 0.29) is 23.7 Å². The number of alkyl halides is 13. The fourth-order valence-corrected chi connectivity index (χ4v) is 5.34. The van der Waals surface area contributed by atoms with Gasteiger partial charge < -0.3 is 30.2 Å². The third kappa shape index (κ3) is 14.9.